The Bertz CT molecular complexity index is 603. The fourth-order valence-corrected chi connectivity index (χ4v) is 3.71. The molecule has 0 saturated heterocycles. The van der Waals surface area contributed by atoms with Gasteiger partial charge in [-0.25, -0.2) is 0 Å². The van der Waals surface area contributed by atoms with Crippen molar-refractivity contribution < 1.29 is 9.59 Å². The largest absolute Gasteiger partial charge is 0.352 e. The SMILES string of the molecule is C=CCNC(=O)C1CCC(C(=O)N2CCc3ccccc32)CC1. The van der Waals surface area contributed by atoms with Gasteiger partial charge in [0.1, 0.15) is 0 Å². The Morgan fingerprint density at radius 2 is 1.87 bits per heavy atom. The van der Waals surface area contributed by atoms with Crippen molar-refractivity contribution in [1.29, 1.82) is 0 Å². The number of anilines is 1. The van der Waals surface area contributed by atoms with Gasteiger partial charge in [0.25, 0.3) is 0 Å². The summed E-state index contributed by atoms with van der Waals surface area (Å²) in [6, 6.07) is 8.16. The zero-order valence-corrected chi connectivity index (χ0v) is 13.5. The molecule has 2 aliphatic rings. The van der Waals surface area contributed by atoms with E-state index < -0.39 is 0 Å². The van der Waals surface area contributed by atoms with Crippen LogP contribution < -0.4 is 10.2 Å². The second-order valence-electron chi connectivity index (χ2n) is 6.45. The summed E-state index contributed by atoms with van der Waals surface area (Å²) < 4.78 is 0. The lowest BCUT2D eigenvalue weighted by Crippen LogP contribution is -2.39. The van der Waals surface area contributed by atoms with Gasteiger partial charge >= 0.3 is 0 Å². The number of nitrogens with one attached hydrogen (secondary N) is 1. The molecule has 0 atom stereocenters. The highest BCUT2D eigenvalue weighted by Crippen LogP contribution is 2.34. The predicted octanol–water partition coefficient (Wildman–Crippen LogP) is 2.68. The van der Waals surface area contributed by atoms with Crippen LogP contribution in [0.3, 0.4) is 0 Å². The third-order valence-electron chi connectivity index (χ3n) is 5.02. The molecular weight excluding hydrogens is 288 g/mol. The topological polar surface area (TPSA) is 49.4 Å². The summed E-state index contributed by atoms with van der Waals surface area (Å²) >= 11 is 0. The third kappa shape index (κ3) is 3.31. The number of para-hydroxylation sites is 1. The molecule has 122 valence electrons. The summed E-state index contributed by atoms with van der Waals surface area (Å²) in [7, 11) is 0. The van der Waals surface area contributed by atoms with Gasteiger partial charge in [-0.15, -0.1) is 6.58 Å². The first kappa shape index (κ1) is 15.8. The number of fused-ring (bicyclic) bond motifs is 1. The fraction of sp³-hybridized carbons (Fsp3) is 0.474. The van der Waals surface area contributed by atoms with Crippen LogP contribution in [0, 0.1) is 11.8 Å². The number of nitrogens with zero attached hydrogens (tertiary/aromatic N) is 1. The molecule has 1 aromatic rings. The predicted molar refractivity (Wildman–Crippen MR) is 91.2 cm³/mol. The molecule has 1 saturated carbocycles. The van der Waals surface area contributed by atoms with Crippen LogP contribution in [0.25, 0.3) is 0 Å². The summed E-state index contributed by atoms with van der Waals surface area (Å²) in [6.07, 6.45) is 5.86. The molecule has 4 nitrogen and oxygen atoms in total. The van der Waals surface area contributed by atoms with Crippen molar-refractivity contribution in [3.8, 4) is 0 Å². The van der Waals surface area contributed by atoms with Crippen LogP contribution in [0.15, 0.2) is 36.9 Å². The summed E-state index contributed by atoms with van der Waals surface area (Å²) in [5.41, 5.74) is 2.33. The Morgan fingerprint density at radius 1 is 1.17 bits per heavy atom. The van der Waals surface area contributed by atoms with Crippen LogP contribution in [0.1, 0.15) is 31.2 Å². The molecule has 0 radical (unpaired) electrons. The average molecular weight is 312 g/mol. The highest BCUT2D eigenvalue weighted by Gasteiger charge is 2.34. The Balaban J connectivity index is 1.57. The first-order chi connectivity index (χ1) is 11.2. The van der Waals surface area contributed by atoms with E-state index in [9.17, 15) is 9.59 Å². The van der Waals surface area contributed by atoms with Crippen molar-refractivity contribution in [2.45, 2.75) is 32.1 Å². The number of amides is 2. The highest BCUT2D eigenvalue weighted by molar-refractivity contribution is 5.97. The molecule has 1 aliphatic carbocycles. The second kappa shape index (κ2) is 6.99. The third-order valence-corrected chi connectivity index (χ3v) is 5.02. The van der Waals surface area contributed by atoms with E-state index in [1.807, 2.05) is 23.1 Å². The monoisotopic (exact) mass is 312 g/mol. The molecule has 3 rings (SSSR count). The molecule has 1 N–H and O–H groups in total. The van der Waals surface area contributed by atoms with Gasteiger partial charge < -0.3 is 10.2 Å². The van der Waals surface area contributed by atoms with E-state index in [-0.39, 0.29) is 23.7 Å². The molecule has 1 aliphatic heterocycles. The lowest BCUT2D eigenvalue weighted by atomic mass is 9.81. The normalized spacial score (nSPS) is 23.2. The fourth-order valence-electron chi connectivity index (χ4n) is 3.71. The zero-order chi connectivity index (χ0) is 16.2. The van der Waals surface area contributed by atoms with Crippen LogP contribution in [0.5, 0.6) is 0 Å². The summed E-state index contributed by atoms with van der Waals surface area (Å²) in [4.78, 5) is 26.8. The van der Waals surface area contributed by atoms with E-state index >= 15 is 0 Å². The molecule has 4 heteroatoms. The Labute approximate surface area is 137 Å². The maximum Gasteiger partial charge on any atom is 0.230 e. The molecule has 2 amide bonds. The summed E-state index contributed by atoms with van der Waals surface area (Å²) in [5.74, 6) is 0.441. The number of rotatable bonds is 4. The van der Waals surface area contributed by atoms with Gasteiger partial charge in [-0.3, -0.25) is 9.59 Å². The number of carbonyl (C=O) groups excluding carboxylic acids is 2. The van der Waals surface area contributed by atoms with Crippen molar-refractivity contribution in [3.05, 3.63) is 42.5 Å². The molecule has 0 spiro atoms. The van der Waals surface area contributed by atoms with E-state index in [1.54, 1.807) is 6.08 Å². The summed E-state index contributed by atoms with van der Waals surface area (Å²) in [5, 5.41) is 2.86. The van der Waals surface area contributed by atoms with Gasteiger partial charge in [-0.1, -0.05) is 24.3 Å². The minimum atomic E-state index is 0.0462. The number of benzene rings is 1. The van der Waals surface area contributed by atoms with E-state index in [0.29, 0.717) is 6.54 Å². The van der Waals surface area contributed by atoms with Crippen LogP contribution in [0.4, 0.5) is 5.69 Å². The molecular formula is C19H24N2O2. The standard InChI is InChI=1S/C19H24N2O2/c1-2-12-20-18(22)15-7-9-16(10-8-15)19(23)21-13-11-14-5-3-4-6-17(14)21/h2-6,15-16H,1,7-13H2,(H,20,22). The Kier molecular flexibility index (Phi) is 4.79. The first-order valence-corrected chi connectivity index (χ1v) is 8.48. The van der Waals surface area contributed by atoms with Gasteiger partial charge in [-0.05, 0) is 43.7 Å². The first-order valence-electron chi connectivity index (χ1n) is 8.48. The Morgan fingerprint density at radius 3 is 2.61 bits per heavy atom. The molecule has 1 fully saturated rings. The van der Waals surface area contributed by atoms with Gasteiger partial charge in [0.2, 0.25) is 11.8 Å². The smallest absolute Gasteiger partial charge is 0.230 e. The van der Waals surface area contributed by atoms with Crippen LogP contribution in [0.2, 0.25) is 0 Å². The summed E-state index contributed by atoms with van der Waals surface area (Å²) in [6.45, 7) is 4.92. The Hall–Kier alpha value is -2.10. The van der Waals surface area contributed by atoms with Crippen molar-refractivity contribution in [3.63, 3.8) is 0 Å². The second-order valence-corrected chi connectivity index (χ2v) is 6.45. The van der Waals surface area contributed by atoms with Crippen molar-refractivity contribution in [2.75, 3.05) is 18.0 Å². The van der Waals surface area contributed by atoms with E-state index in [4.69, 9.17) is 0 Å². The number of hydrogen-bond donors (Lipinski definition) is 1. The lowest BCUT2D eigenvalue weighted by Gasteiger charge is -2.30. The minimum Gasteiger partial charge on any atom is -0.352 e. The molecule has 0 aromatic heterocycles. The van der Waals surface area contributed by atoms with Gasteiger partial charge in [0, 0.05) is 30.6 Å². The van der Waals surface area contributed by atoms with Gasteiger partial charge in [0.15, 0.2) is 0 Å². The van der Waals surface area contributed by atoms with Crippen LogP contribution in [-0.2, 0) is 16.0 Å². The van der Waals surface area contributed by atoms with Crippen molar-refractivity contribution >= 4 is 17.5 Å². The molecule has 1 heterocycles. The van der Waals surface area contributed by atoms with Gasteiger partial charge in [-0.2, -0.15) is 0 Å². The highest BCUT2D eigenvalue weighted by atomic mass is 16.2. The lowest BCUT2D eigenvalue weighted by molar-refractivity contribution is -0.129. The van der Waals surface area contributed by atoms with E-state index in [1.165, 1.54) is 5.56 Å². The molecule has 1 aromatic carbocycles. The van der Waals surface area contributed by atoms with Crippen LogP contribution >= 0.6 is 0 Å². The maximum absolute atomic E-state index is 12.8. The zero-order valence-electron chi connectivity index (χ0n) is 13.5. The molecule has 0 unspecified atom stereocenters. The van der Waals surface area contributed by atoms with Crippen molar-refractivity contribution in [2.24, 2.45) is 11.8 Å². The van der Waals surface area contributed by atoms with E-state index in [0.717, 1.165) is 44.3 Å². The minimum absolute atomic E-state index is 0.0462. The van der Waals surface area contributed by atoms with Crippen LogP contribution in [-0.4, -0.2) is 24.9 Å². The maximum atomic E-state index is 12.8. The average Bonchev–Trinajstić information content (AvgIpc) is 3.03. The molecule has 0 bridgehead atoms. The van der Waals surface area contributed by atoms with Crippen molar-refractivity contribution in [1.82, 2.24) is 5.32 Å². The quantitative estimate of drug-likeness (QED) is 0.869. The van der Waals surface area contributed by atoms with E-state index in [2.05, 4.69) is 18.0 Å². The number of hydrogen-bond acceptors (Lipinski definition) is 2. The molecule has 23 heavy (non-hydrogen) atoms. The number of carbonyl (C=O) groups is 2. The van der Waals surface area contributed by atoms with Gasteiger partial charge in [0.05, 0.1) is 0 Å².